The second kappa shape index (κ2) is 8.31. The first-order valence-electron chi connectivity index (χ1n) is 9.73. The van der Waals surface area contributed by atoms with E-state index in [0.29, 0.717) is 39.2 Å². The van der Waals surface area contributed by atoms with Crippen LogP contribution in [0, 0.1) is 10.1 Å². The van der Waals surface area contributed by atoms with Crippen molar-refractivity contribution in [2.75, 3.05) is 22.9 Å². The van der Waals surface area contributed by atoms with Crippen LogP contribution in [0.4, 0.5) is 22.7 Å². The number of benzene rings is 3. The highest BCUT2D eigenvalue weighted by atomic mass is 32.2. The highest BCUT2D eigenvalue weighted by molar-refractivity contribution is 7.92. The Morgan fingerprint density at radius 3 is 2.50 bits per heavy atom. The van der Waals surface area contributed by atoms with E-state index in [0.717, 1.165) is 5.39 Å². The number of ether oxygens (including phenoxy) is 1. The Hall–Kier alpha value is -3.92. The number of aromatic nitrogens is 1. The Balaban J connectivity index is 1.85. The average Bonchev–Trinajstić information content (AvgIpc) is 2.79. The minimum absolute atomic E-state index is 0.0450. The number of nitro groups is 1. The van der Waals surface area contributed by atoms with Gasteiger partial charge in [-0.3, -0.25) is 14.8 Å². The summed E-state index contributed by atoms with van der Waals surface area (Å²) in [6.07, 6.45) is 0. The van der Waals surface area contributed by atoms with Gasteiger partial charge in [-0.25, -0.2) is 13.4 Å². The molecule has 1 heterocycles. The van der Waals surface area contributed by atoms with Crippen LogP contribution in [0.1, 0.15) is 6.92 Å². The molecule has 4 rings (SSSR count). The quantitative estimate of drug-likeness (QED) is 0.234. The van der Waals surface area contributed by atoms with E-state index in [4.69, 9.17) is 4.74 Å². The number of nitro benzene ring substituents is 1. The number of fused-ring (bicyclic) bond motifs is 2. The van der Waals surface area contributed by atoms with Crippen LogP contribution in [0.25, 0.3) is 21.8 Å². The molecular weight excluding hydrogens is 432 g/mol. The summed E-state index contributed by atoms with van der Waals surface area (Å²) >= 11 is 0. The summed E-state index contributed by atoms with van der Waals surface area (Å²) in [4.78, 5) is 15.3. The van der Waals surface area contributed by atoms with Crippen molar-refractivity contribution >= 4 is 54.6 Å². The van der Waals surface area contributed by atoms with Gasteiger partial charge in [0.15, 0.2) is 0 Å². The Bertz CT molecular complexity index is 1450. The molecule has 0 aliphatic heterocycles. The second-order valence-corrected chi connectivity index (χ2v) is 9.02. The molecule has 2 N–H and O–H groups in total. The zero-order valence-electron chi connectivity index (χ0n) is 17.3. The minimum Gasteiger partial charge on any atom is -0.494 e. The first kappa shape index (κ1) is 21.3. The SMILES string of the molecule is CCS(=O)(=O)Nc1ccc(Nc2c3ccccc3nc3cc([N+](=O)[O-])ccc23)c(OC)c1. The summed E-state index contributed by atoms with van der Waals surface area (Å²) in [5.74, 6) is 0.383. The number of sulfonamides is 1. The fourth-order valence-corrected chi connectivity index (χ4v) is 4.00. The van der Waals surface area contributed by atoms with Gasteiger partial charge >= 0.3 is 0 Å². The summed E-state index contributed by atoms with van der Waals surface area (Å²) in [5.41, 5.74) is 2.80. The molecule has 164 valence electrons. The van der Waals surface area contributed by atoms with E-state index in [1.807, 2.05) is 24.3 Å². The normalized spacial score (nSPS) is 11.4. The molecule has 0 atom stereocenters. The zero-order valence-corrected chi connectivity index (χ0v) is 18.1. The molecule has 0 fully saturated rings. The number of rotatable bonds is 7. The van der Waals surface area contributed by atoms with Gasteiger partial charge in [0.05, 0.1) is 45.9 Å². The molecule has 0 bridgehead atoms. The number of nitrogens with zero attached hydrogens (tertiary/aromatic N) is 2. The summed E-state index contributed by atoms with van der Waals surface area (Å²) in [6, 6.07) is 16.9. The molecule has 32 heavy (non-hydrogen) atoms. The molecule has 3 aromatic carbocycles. The lowest BCUT2D eigenvalue weighted by atomic mass is 10.1. The van der Waals surface area contributed by atoms with Crippen molar-refractivity contribution in [2.24, 2.45) is 0 Å². The van der Waals surface area contributed by atoms with Crippen molar-refractivity contribution in [1.82, 2.24) is 4.98 Å². The van der Waals surface area contributed by atoms with Crippen LogP contribution in [-0.4, -0.2) is 31.2 Å². The van der Waals surface area contributed by atoms with Gasteiger partial charge in [-0.2, -0.15) is 0 Å². The van der Waals surface area contributed by atoms with Gasteiger partial charge in [-0.05, 0) is 31.2 Å². The summed E-state index contributed by atoms with van der Waals surface area (Å²) in [6.45, 7) is 1.56. The van der Waals surface area contributed by atoms with Crippen LogP contribution in [-0.2, 0) is 10.0 Å². The molecule has 0 aliphatic rings. The van der Waals surface area contributed by atoms with Crippen molar-refractivity contribution in [3.8, 4) is 5.75 Å². The van der Waals surface area contributed by atoms with Crippen LogP contribution in [0.15, 0.2) is 60.7 Å². The number of pyridine rings is 1. The number of nitrogens with one attached hydrogen (secondary N) is 2. The molecule has 4 aromatic rings. The number of non-ortho nitro benzene ring substituents is 1. The maximum Gasteiger partial charge on any atom is 0.271 e. The molecule has 0 amide bonds. The van der Waals surface area contributed by atoms with Crippen LogP contribution in [0.3, 0.4) is 0 Å². The van der Waals surface area contributed by atoms with Crippen LogP contribution in [0.5, 0.6) is 5.75 Å². The average molecular weight is 452 g/mol. The van der Waals surface area contributed by atoms with Gasteiger partial charge in [0.25, 0.3) is 5.69 Å². The summed E-state index contributed by atoms with van der Waals surface area (Å²) in [7, 11) is -1.94. The predicted octanol–water partition coefficient (Wildman–Crippen LogP) is 4.81. The van der Waals surface area contributed by atoms with Crippen molar-refractivity contribution in [3.63, 3.8) is 0 Å². The first-order chi connectivity index (χ1) is 15.3. The smallest absolute Gasteiger partial charge is 0.271 e. The molecule has 0 aliphatic carbocycles. The monoisotopic (exact) mass is 452 g/mol. The second-order valence-electron chi connectivity index (χ2n) is 7.01. The molecule has 10 heteroatoms. The van der Waals surface area contributed by atoms with Crippen molar-refractivity contribution in [3.05, 3.63) is 70.8 Å². The molecule has 0 unspecified atom stereocenters. The van der Waals surface area contributed by atoms with E-state index in [1.165, 1.54) is 19.2 Å². The lowest BCUT2D eigenvalue weighted by Crippen LogP contribution is -2.14. The third-order valence-corrected chi connectivity index (χ3v) is 6.30. The van der Waals surface area contributed by atoms with Gasteiger partial charge < -0.3 is 10.1 Å². The maximum atomic E-state index is 11.9. The molecule has 1 aromatic heterocycles. The van der Waals surface area contributed by atoms with E-state index in [9.17, 15) is 18.5 Å². The zero-order chi connectivity index (χ0) is 22.9. The topological polar surface area (TPSA) is 123 Å². The highest BCUT2D eigenvalue weighted by Crippen LogP contribution is 2.38. The van der Waals surface area contributed by atoms with Crippen molar-refractivity contribution in [2.45, 2.75) is 6.92 Å². The standard InChI is InChI=1S/C22H20N4O5S/c1-3-32(29,30)25-14-8-11-19(21(12-14)31-2)24-22-16-6-4-5-7-18(16)23-20-13-15(26(27)28)9-10-17(20)22/h4-13,25H,3H2,1-2H3,(H,23,24). The Morgan fingerprint density at radius 1 is 1.03 bits per heavy atom. The molecule has 0 saturated carbocycles. The largest absolute Gasteiger partial charge is 0.494 e. The van der Waals surface area contributed by atoms with Crippen molar-refractivity contribution in [1.29, 1.82) is 0 Å². The Morgan fingerprint density at radius 2 is 1.78 bits per heavy atom. The maximum absolute atomic E-state index is 11.9. The Labute approximate surface area is 184 Å². The van der Waals surface area contributed by atoms with E-state index in [1.54, 1.807) is 31.2 Å². The summed E-state index contributed by atoms with van der Waals surface area (Å²) in [5, 5.41) is 16.1. The highest BCUT2D eigenvalue weighted by Gasteiger charge is 2.16. The molecule has 9 nitrogen and oxygen atoms in total. The lowest BCUT2D eigenvalue weighted by Gasteiger charge is -2.16. The van der Waals surface area contributed by atoms with E-state index < -0.39 is 14.9 Å². The third-order valence-electron chi connectivity index (χ3n) is 4.99. The number of hydrogen-bond donors (Lipinski definition) is 2. The van der Waals surface area contributed by atoms with Gasteiger partial charge in [-0.1, -0.05) is 18.2 Å². The first-order valence-corrected chi connectivity index (χ1v) is 11.4. The van der Waals surface area contributed by atoms with Gasteiger partial charge in [0, 0.05) is 29.0 Å². The third kappa shape index (κ3) is 4.12. The van der Waals surface area contributed by atoms with Gasteiger partial charge in [-0.15, -0.1) is 0 Å². The molecule has 0 saturated heterocycles. The predicted molar refractivity (Wildman–Crippen MR) is 125 cm³/mol. The van der Waals surface area contributed by atoms with Crippen LogP contribution >= 0.6 is 0 Å². The van der Waals surface area contributed by atoms with Crippen LogP contribution in [0.2, 0.25) is 0 Å². The van der Waals surface area contributed by atoms with Gasteiger partial charge in [0.1, 0.15) is 5.75 Å². The number of anilines is 3. The van der Waals surface area contributed by atoms with Gasteiger partial charge in [0.2, 0.25) is 10.0 Å². The summed E-state index contributed by atoms with van der Waals surface area (Å²) < 4.78 is 31.8. The number of methoxy groups -OCH3 is 1. The van der Waals surface area contributed by atoms with Crippen molar-refractivity contribution < 1.29 is 18.1 Å². The molecule has 0 spiro atoms. The number of para-hydroxylation sites is 1. The molecule has 0 radical (unpaired) electrons. The Kier molecular flexibility index (Phi) is 5.54. The van der Waals surface area contributed by atoms with Crippen LogP contribution < -0.4 is 14.8 Å². The van der Waals surface area contributed by atoms with E-state index in [2.05, 4.69) is 15.0 Å². The minimum atomic E-state index is -3.43. The fraction of sp³-hybridized carbons (Fsp3) is 0.136. The van der Waals surface area contributed by atoms with E-state index in [-0.39, 0.29) is 11.4 Å². The lowest BCUT2D eigenvalue weighted by molar-refractivity contribution is -0.384. The van der Waals surface area contributed by atoms with E-state index >= 15 is 0 Å². The number of hydrogen-bond acceptors (Lipinski definition) is 7. The molecular formula is C22H20N4O5S. The fourth-order valence-electron chi connectivity index (χ4n) is 3.37.